The summed E-state index contributed by atoms with van der Waals surface area (Å²) in [5, 5.41) is 3.51. The quantitative estimate of drug-likeness (QED) is 0.382. The van der Waals surface area contributed by atoms with E-state index in [0.29, 0.717) is 37.0 Å². The van der Waals surface area contributed by atoms with Crippen LogP contribution >= 0.6 is 12.2 Å². The molecule has 1 fully saturated rings. The van der Waals surface area contributed by atoms with Crippen LogP contribution in [0, 0.1) is 0 Å². The molecule has 0 radical (unpaired) electrons. The van der Waals surface area contributed by atoms with Crippen LogP contribution in [0.4, 0.5) is 0 Å². The van der Waals surface area contributed by atoms with Gasteiger partial charge in [-0.05, 0) is 63.0 Å². The molecule has 2 rings (SSSR count). The van der Waals surface area contributed by atoms with Gasteiger partial charge in [-0.1, -0.05) is 25.5 Å². The summed E-state index contributed by atoms with van der Waals surface area (Å²) in [7, 11) is 0. The molecule has 1 aromatic carbocycles. The second kappa shape index (κ2) is 10.2. The molecule has 6 heteroatoms. The molecule has 0 spiro atoms. The Kier molecular flexibility index (Phi) is 7.91. The maximum Gasteiger partial charge on any atom is 0.276 e. The number of nitrogens with zero attached hydrogens (tertiary/aromatic N) is 1. The van der Waals surface area contributed by atoms with Crippen LogP contribution in [0.1, 0.15) is 45.6 Å². The van der Waals surface area contributed by atoms with Gasteiger partial charge in [0.15, 0.2) is 16.6 Å². The lowest BCUT2D eigenvalue weighted by atomic mass is 10.1. The Labute approximate surface area is 161 Å². The van der Waals surface area contributed by atoms with Crippen LogP contribution in [0.15, 0.2) is 30.0 Å². The van der Waals surface area contributed by atoms with E-state index in [-0.39, 0.29) is 5.91 Å². The van der Waals surface area contributed by atoms with Gasteiger partial charge in [0, 0.05) is 6.54 Å². The summed E-state index contributed by atoms with van der Waals surface area (Å²) in [5.74, 6) is 1.44. The second-order valence-corrected chi connectivity index (χ2v) is 6.43. The van der Waals surface area contributed by atoms with Gasteiger partial charge in [0.25, 0.3) is 5.91 Å². The Morgan fingerprint density at radius 3 is 2.58 bits per heavy atom. The highest BCUT2D eigenvalue weighted by Crippen LogP contribution is 2.29. The van der Waals surface area contributed by atoms with Crippen molar-refractivity contribution in [3.8, 4) is 11.5 Å². The first kappa shape index (κ1) is 20.2. The summed E-state index contributed by atoms with van der Waals surface area (Å²) in [4.78, 5) is 14.1. The van der Waals surface area contributed by atoms with Gasteiger partial charge in [-0.25, -0.2) is 0 Å². The smallest absolute Gasteiger partial charge is 0.276 e. The molecule has 0 aromatic heterocycles. The molecule has 1 N–H and O–H groups in total. The zero-order chi connectivity index (χ0) is 18.9. The van der Waals surface area contributed by atoms with E-state index in [1.54, 1.807) is 4.90 Å². The predicted molar refractivity (Wildman–Crippen MR) is 108 cm³/mol. The number of rotatable bonds is 10. The lowest BCUT2D eigenvalue weighted by molar-refractivity contribution is -0.122. The molecule has 1 amide bonds. The number of unbranched alkanes of at least 4 members (excludes halogenated alkanes) is 2. The number of carbonyl (C=O) groups is 1. The van der Waals surface area contributed by atoms with Gasteiger partial charge in [-0.3, -0.25) is 9.69 Å². The van der Waals surface area contributed by atoms with E-state index in [1.807, 2.05) is 38.1 Å². The Morgan fingerprint density at radius 1 is 1.15 bits per heavy atom. The highest BCUT2D eigenvalue weighted by atomic mass is 32.1. The summed E-state index contributed by atoms with van der Waals surface area (Å²) < 4.78 is 11.3. The summed E-state index contributed by atoms with van der Waals surface area (Å²) in [6.07, 6.45) is 5.70. The first-order chi connectivity index (χ1) is 12.6. The van der Waals surface area contributed by atoms with Gasteiger partial charge < -0.3 is 14.8 Å². The minimum atomic E-state index is -0.0397. The molecule has 0 unspecified atom stereocenters. The first-order valence-electron chi connectivity index (χ1n) is 9.32. The summed E-state index contributed by atoms with van der Waals surface area (Å²) in [6, 6.07) is 5.90. The molecular formula is C20H28N2O3S. The molecule has 0 saturated carbocycles. The van der Waals surface area contributed by atoms with Gasteiger partial charge in [0.1, 0.15) is 5.70 Å². The maximum atomic E-state index is 12.5. The zero-order valence-electron chi connectivity index (χ0n) is 15.8. The number of amides is 1. The molecule has 1 heterocycles. The van der Waals surface area contributed by atoms with E-state index in [9.17, 15) is 4.79 Å². The van der Waals surface area contributed by atoms with Crippen LogP contribution in [0.25, 0.3) is 0 Å². The number of hydrogen-bond donors (Lipinski definition) is 1. The van der Waals surface area contributed by atoms with Crippen molar-refractivity contribution in [2.24, 2.45) is 0 Å². The zero-order valence-corrected chi connectivity index (χ0v) is 16.7. The third-order valence-electron chi connectivity index (χ3n) is 4.10. The minimum Gasteiger partial charge on any atom is -0.490 e. The van der Waals surface area contributed by atoms with Crippen LogP contribution < -0.4 is 14.8 Å². The summed E-state index contributed by atoms with van der Waals surface area (Å²) in [5.41, 5.74) is 1.68. The number of benzene rings is 1. The molecule has 5 nitrogen and oxygen atoms in total. The van der Waals surface area contributed by atoms with Crippen LogP contribution in [0.2, 0.25) is 0 Å². The lowest BCUT2D eigenvalue weighted by Gasteiger charge is -2.15. The number of thiocarbonyl (C=S) groups is 1. The van der Waals surface area contributed by atoms with E-state index in [0.717, 1.165) is 36.3 Å². The van der Waals surface area contributed by atoms with Crippen LogP contribution in [0.5, 0.6) is 11.5 Å². The Hall–Kier alpha value is -2.08. The maximum absolute atomic E-state index is 12.5. The third-order valence-corrected chi connectivity index (χ3v) is 4.42. The van der Waals surface area contributed by atoms with Crippen LogP contribution in [0.3, 0.4) is 0 Å². The molecule has 1 saturated heterocycles. The van der Waals surface area contributed by atoms with E-state index >= 15 is 0 Å². The second-order valence-electron chi connectivity index (χ2n) is 6.04. The van der Waals surface area contributed by atoms with Gasteiger partial charge in [-0.2, -0.15) is 0 Å². The number of ether oxygens (including phenoxy) is 2. The largest absolute Gasteiger partial charge is 0.490 e. The van der Waals surface area contributed by atoms with Crippen molar-refractivity contribution in [1.82, 2.24) is 10.2 Å². The van der Waals surface area contributed by atoms with E-state index < -0.39 is 0 Å². The number of carbonyl (C=O) groups excluding carboxylic acids is 1. The normalized spacial score (nSPS) is 15.5. The predicted octanol–water partition coefficient (Wildman–Crippen LogP) is 3.82. The Morgan fingerprint density at radius 2 is 1.88 bits per heavy atom. The molecule has 1 aliphatic rings. The van der Waals surface area contributed by atoms with Gasteiger partial charge in [0.05, 0.1) is 13.2 Å². The minimum absolute atomic E-state index is 0.0397. The SMILES string of the molecule is CCCC/C=C1/NC(=S)N(CCc2ccc(OCC)c(OCC)c2)C1=O. The van der Waals surface area contributed by atoms with Crippen LogP contribution in [-0.4, -0.2) is 35.7 Å². The van der Waals surface area contributed by atoms with Crippen molar-refractivity contribution in [2.45, 2.75) is 46.5 Å². The Balaban J connectivity index is 2.01. The average Bonchev–Trinajstić information content (AvgIpc) is 2.89. The molecular weight excluding hydrogens is 348 g/mol. The van der Waals surface area contributed by atoms with Crippen molar-refractivity contribution in [3.63, 3.8) is 0 Å². The Bertz CT molecular complexity index is 673. The van der Waals surface area contributed by atoms with Crippen molar-refractivity contribution in [2.75, 3.05) is 19.8 Å². The fourth-order valence-electron chi connectivity index (χ4n) is 2.76. The van der Waals surface area contributed by atoms with Gasteiger partial charge >= 0.3 is 0 Å². The van der Waals surface area contributed by atoms with Crippen molar-refractivity contribution in [3.05, 3.63) is 35.5 Å². The fourth-order valence-corrected chi connectivity index (χ4v) is 3.04. The third kappa shape index (κ3) is 5.21. The summed E-state index contributed by atoms with van der Waals surface area (Å²) in [6.45, 7) is 7.73. The number of allylic oxidation sites excluding steroid dienone is 1. The number of hydrogen-bond acceptors (Lipinski definition) is 4. The fraction of sp³-hybridized carbons (Fsp3) is 0.500. The van der Waals surface area contributed by atoms with Crippen LogP contribution in [-0.2, 0) is 11.2 Å². The first-order valence-corrected chi connectivity index (χ1v) is 9.73. The average molecular weight is 377 g/mol. The van der Waals surface area contributed by atoms with Gasteiger partial charge in [-0.15, -0.1) is 0 Å². The molecule has 1 aliphatic heterocycles. The van der Waals surface area contributed by atoms with Crippen molar-refractivity contribution in [1.29, 1.82) is 0 Å². The monoisotopic (exact) mass is 376 g/mol. The van der Waals surface area contributed by atoms with Gasteiger partial charge in [0.2, 0.25) is 0 Å². The van der Waals surface area contributed by atoms with Crippen molar-refractivity contribution >= 4 is 23.2 Å². The highest BCUT2D eigenvalue weighted by Gasteiger charge is 2.29. The van der Waals surface area contributed by atoms with E-state index in [1.165, 1.54) is 0 Å². The molecule has 142 valence electrons. The molecule has 0 aliphatic carbocycles. The van der Waals surface area contributed by atoms with E-state index in [2.05, 4.69) is 12.2 Å². The summed E-state index contributed by atoms with van der Waals surface area (Å²) >= 11 is 5.32. The van der Waals surface area contributed by atoms with Crippen molar-refractivity contribution < 1.29 is 14.3 Å². The molecule has 1 aromatic rings. The topological polar surface area (TPSA) is 50.8 Å². The van der Waals surface area contributed by atoms with E-state index in [4.69, 9.17) is 21.7 Å². The number of nitrogens with one attached hydrogen (secondary N) is 1. The molecule has 0 atom stereocenters. The molecule has 0 bridgehead atoms. The lowest BCUT2D eigenvalue weighted by Crippen LogP contribution is -2.32. The standard InChI is InChI=1S/C20H28N2O3S/c1-4-7-8-9-16-19(23)22(20(26)21-16)13-12-15-10-11-17(24-5-2)18(14-15)25-6-3/h9-11,14H,4-8,12-13H2,1-3H3,(H,21,26)/b16-9+. The highest BCUT2D eigenvalue weighted by molar-refractivity contribution is 7.80. The molecule has 26 heavy (non-hydrogen) atoms.